The average Bonchev–Trinajstić information content (AvgIpc) is 2.54. The van der Waals surface area contributed by atoms with Crippen LogP contribution in [0, 0.1) is 22.6 Å². The molecule has 0 unspecified atom stereocenters. The van der Waals surface area contributed by atoms with E-state index in [4.69, 9.17) is 5.26 Å². The summed E-state index contributed by atoms with van der Waals surface area (Å²) < 4.78 is 14.0. The van der Waals surface area contributed by atoms with Gasteiger partial charge in [0.2, 0.25) is 0 Å². The van der Waals surface area contributed by atoms with E-state index in [1.807, 2.05) is 6.07 Å². The lowest BCUT2D eigenvalue weighted by molar-refractivity contribution is 0.253. The molecule has 0 radical (unpaired) electrons. The van der Waals surface area contributed by atoms with Crippen molar-refractivity contribution in [2.45, 2.75) is 39.7 Å². The van der Waals surface area contributed by atoms with Gasteiger partial charge in [0.1, 0.15) is 11.9 Å². The number of halogens is 1. The summed E-state index contributed by atoms with van der Waals surface area (Å²) in [5.41, 5.74) is 1.17. The largest absolute Gasteiger partial charge is 0.299 e. The molecule has 3 heteroatoms. The van der Waals surface area contributed by atoms with Crippen molar-refractivity contribution in [2.24, 2.45) is 5.41 Å². The zero-order chi connectivity index (χ0) is 13.9. The van der Waals surface area contributed by atoms with Gasteiger partial charge in [-0.25, -0.2) is 4.39 Å². The number of rotatable bonds is 2. The minimum atomic E-state index is -0.353. The van der Waals surface area contributed by atoms with Crippen molar-refractivity contribution >= 4 is 0 Å². The molecule has 0 bridgehead atoms. The fraction of sp³-hybridized carbons (Fsp3) is 0.562. The average molecular weight is 260 g/mol. The van der Waals surface area contributed by atoms with Crippen LogP contribution in [-0.4, -0.2) is 18.0 Å². The number of hydrogen-bond acceptors (Lipinski definition) is 2. The van der Waals surface area contributed by atoms with Crippen molar-refractivity contribution in [3.05, 3.63) is 35.1 Å². The van der Waals surface area contributed by atoms with Gasteiger partial charge in [-0.05, 0) is 43.8 Å². The van der Waals surface area contributed by atoms with Gasteiger partial charge < -0.3 is 0 Å². The maximum absolute atomic E-state index is 14.0. The summed E-state index contributed by atoms with van der Waals surface area (Å²) in [7, 11) is 0. The van der Waals surface area contributed by atoms with Crippen LogP contribution in [0.5, 0.6) is 0 Å². The Morgan fingerprint density at radius 1 is 1.32 bits per heavy atom. The summed E-state index contributed by atoms with van der Waals surface area (Å²) in [6.07, 6.45) is 3.53. The van der Waals surface area contributed by atoms with E-state index >= 15 is 0 Å². The van der Waals surface area contributed by atoms with Gasteiger partial charge in [0.25, 0.3) is 0 Å². The number of hydrogen-bond donors (Lipinski definition) is 0. The van der Waals surface area contributed by atoms with E-state index in [0.29, 0.717) is 17.5 Å². The quantitative estimate of drug-likeness (QED) is 0.810. The van der Waals surface area contributed by atoms with Crippen molar-refractivity contribution in [2.75, 3.05) is 13.1 Å². The topological polar surface area (TPSA) is 27.0 Å². The lowest BCUT2D eigenvalue weighted by Crippen LogP contribution is -2.25. The second-order valence-electron chi connectivity index (χ2n) is 6.18. The third-order valence-corrected chi connectivity index (χ3v) is 4.03. The highest BCUT2D eigenvalue weighted by Crippen LogP contribution is 2.30. The van der Waals surface area contributed by atoms with Gasteiger partial charge >= 0.3 is 0 Å². The first-order valence-electron chi connectivity index (χ1n) is 6.92. The Morgan fingerprint density at radius 2 is 2.11 bits per heavy atom. The fourth-order valence-corrected chi connectivity index (χ4v) is 2.67. The number of likely N-dealkylation sites (tertiary alicyclic amines) is 1. The molecule has 1 aromatic rings. The zero-order valence-electron chi connectivity index (χ0n) is 11.7. The van der Waals surface area contributed by atoms with Crippen LogP contribution < -0.4 is 0 Å². The van der Waals surface area contributed by atoms with E-state index in [0.717, 1.165) is 25.9 Å². The van der Waals surface area contributed by atoms with Gasteiger partial charge in [0.15, 0.2) is 0 Å². The number of benzene rings is 1. The molecule has 0 amide bonds. The summed E-state index contributed by atoms with van der Waals surface area (Å²) in [5, 5.41) is 8.86. The van der Waals surface area contributed by atoms with E-state index in [9.17, 15) is 4.39 Å². The van der Waals surface area contributed by atoms with Crippen LogP contribution in [0.3, 0.4) is 0 Å². The maximum atomic E-state index is 14.0. The van der Waals surface area contributed by atoms with Crippen molar-refractivity contribution in [3.8, 4) is 6.07 Å². The monoisotopic (exact) mass is 260 g/mol. The Bertz CT molecular complexity index is 488. The highest BCUT2D eigenvalue weighted by Gasteiger charge is 2.23. The highest BCUT2D eigenvalue weighted by atomic mass is 19.1. The lowest BCUT2D eigenvalue weighted by Gasteiger charge is -2.23. The molecule has 0 saturated carbocycles. The van der Waals surface area contributed by atoms with E-state index in [1.165, 1.54) is 12.5 Å². The molecule has 1 aliphatic rings. The van der Waals surface area contributed by atoms with E-state index in [1.54, 1.807) is 12.1 Å². The van der Waals surface area contributed by atoms with Gasteiger partial charge in [0.05, 0.1) is 5.56 Å². The lowest BCUT2D eigenvalue weighted by atomic mass is 9.85. The Morgan fingerprint density at radius 3 is 2.84 bits per heavy atom. The predicted molar refractivity (Wildman–Crippen MR) is 74.0 cm³/mol. The minimum absolute atomic E-state index is 0.146. The molecule has 0 N–H and O–H groups in total. The van der Waals surface area contributed by atoms with Crippen molar-refractivity contribution in [1.29, 1.82) is 5.26 Å². The van der Waals surface area contributed by atoms with E-state index in [-0.39, 0.29) is 11.4 Å². The molecule has 1 aromatic carbocycles. The molecule has 19 heavy (non-hydrogen) atoms. The summed E-state index contributed by atoms with van der Waals surface area (Å²) in [6, 6.07) is 6.98. The smallest absolute Gasteiger partial charge is 0.145 e. The van der Waals surface area contributed by atoms with Crippen LogP contribution in [0.25, 0.3) is 0 Å². The first-order chi connectivity index (χ1) is 9.02. The van der Waals surface area contributed by atoms with Gasteiger partial charge in [0, 0.05) is 12.1 Å². The van der Waals surface area contributed by atoms with Gasteiger partial charge in [-0.3, -0.25) is 4.90 Å². The summed E-state index contributed by atoms with van der Waals surface area (Å²) in [6.45, 7) is 7.22. The normalized spacial score (nSPS) is 19.7. The van der Waals surface area contributed by atoms with Crippen LogP contribution in [0.2, 0.25) is 0 Å². The number of nitrogens with zero attached hydrogens (tertiary/aromatic N) is 2. The molecule has 0 aliphatic carbocycles. The minimum Gasteiger partial charge on any atom is -0.299 e. The predicted octanol–water partition coefficient (Wildman–Crippen LogP) is 3.71. The van der Waals surface area contributed by atoms with Crippen LogP contribution in [-0.2, 0) is 6.54 Å². The molecule has 0 atom stereocenters. The Labute approximate surface area is 114 Å². The fourth-order valence-electron chi connectivity index (χ4n) is 2.67. The van der Waals surface area contributed by atoms with Crippen molar-refractivity contribution < 1.29 is 4.39 Å². The van der Waals surface area contributed by atoms with E-state index < -0.39 is 0 Å². The van der Waals surface area contributed by atoms with Crippen molar-refractivity contribution in [1.82, 2.24) is 4.90 Å². The molecular formula is C16H21FN2. The Balaban J connectivity index is 2.08. The highest BCUT2D eigenvalue weighted by molar-refractivity contribution is 5.34. The van der Waals surface area contributed by atoms with E-state index in [2.05, 4.69) is 18.7 Å². The first-order valence-corrected chi connectivity index (χ1v) is 6.92. The molecule has 102 valence electrons. The summed E-state index contributed by atoms with van der Waals surface area (Å²) in [5.74, 6) is -0.353. The molecule has 0 spiro atoms. The molecule has 0 aromatic heterocycles. The van der Waals surface area contributed by atoms with Gasteiger partial charge in [-0.15, -0.1) is 0 Å². The van der Waals surface area contributed by atoms with Gasteiger partial charge in [-0.1, -0.05) is 26.0 Å². The van der Waals surface area contributed by atoms with Crippen LogP contribution in [0.15, 0.2) is 18.2 Å². The molecular weight excluding hydrogens is 239 g/mol. The van der Waals surface area contributed by atoms with Crippen LogP contribution >= 0.6 is 0 Å². The second-order valence-corrected chi connectivity index (χ2v) is 6.18. The zero-order valence-corrected chi connectivity index (χ0v) is 11.7. The first kappa shape index (κ1) is 14.0. The maximum Gasteiger partial charge on any atom is 0.145 e. The number of nitriles is 1. The van der Waals surface area contributed by atoms with Crippen molar-refractivity contribution in [3.63, 3.8) is 0 Å². The Hall–Kier alpha value is -1.40. The molecule has 1 saturated heterocycles. The van der Waals surface area contributed by atoms with Crippen LogP contribution in [0.4, 0.5) is 4.39 Å². The summed E-state index contributed by atoms with van der Waals surface area (Å²) in [4.78, 5) is 2.30. The Kier molecular flexibility index (Phi) is 4.21. The summed E-state index contributed by atoms with van der Waals surface area (Å²) >= 11 is 0. The second kappa shape index (κ2) is 5.71. The molecule has 1 fully saturated rings. The third-order valence-electron chi connectivity index (χ3n) is 4.03. The standard InChI is InChI=1S/C16H21FN2/c1-16(2)7-4-9-19(10-8-16)12-14-6-3-5-13(11-18)15(14)17/h3,5-6H,4,7-10,12H2,1-2H3. The van der Waals surface area contributed by atoms with Gasteiger partial charge in [-0.2, -0.15) is 5.26 Å². The SMILES string of the molecule is CC1(C)CCCN(Cc2cccc(C#N)c2F)CC1. The third kappa shape index (κ3) is 3.54. The van der Waals surface area contributed by atoms with Crippen LogP contribution in [0.1, 0.15) is 44.2 Å². The molecule has 1 aliphatic heterocycles. The molecule has 2 rings (SSSR count). The molecule has 2 nitrogen and oxygen atoms in total. The molecule has 1 heterocycles.